The first-order valence-electron chi connectivity index (χ1n) is 4.31. The second-order valence-corrected chi connectivity index (χ2v) is 3.38. The van der Waals surface area contributed by atoms with Crippen LogP contribution >= 0.6 is 0 Å². The number of carbonyl (C=O) groups is 2. The van der Waals surface area contributed by atoms with Crippen LogP contribution in [0.5, 0.6) is 0 Å². The quantitative estimate of drug-likeness (QED) is 0.471. The molecule has 0 aromatic rings. The zero-order valence-corrected chi connectivity index (χ0v) is 7.29. The third kappa shape index (κ3) is 2.64. The molecular weight excluding hydrogens is 156 g/mol. The van der Waals surface area contributed by atoms with Crippen LogP contribution in [-0.4, -0.2) is 18.9 Å². The van der Waals surface area contributed by atoms with Crippen molar-refractivity contribution in [2.75, 3.05) is 6.61 Å². The Bertz CT molecular complexity index is 177. The lowest BCUT2D eigenvalue weighted by molar-refractivity contribution is -0.142. The summed E-state index contributed by atoms with van der Waals surface area (Å²) < 4.78 is 4.86. The Morgan fingerprint density at radius 2 is 2.33 bits per heavy atom. The highest BCUT2D eigenvalue weighted by Gasteiger charge is 2.24. The molecule has 0 amide bonds. The molecule has 3 nitrogen and oxygen atoms in total. The van der Waals surface area contributed by atoms with E-state index in [2.05, 4.69) is 0 Å². The van der Waals surface area contributed by atoms with Gasteiger partial charge in [-0.25, -0.2) is 0 Å². The number of esters is 1. The number of rotatable bonds is 3. The van der Waals surface area contributed by atoms with Crippen molar-refractivity contribution in [1.82, 2.24) is 0 Å². The van der Waals surface area contributed by atoms with Gasteiger partial charge in [0.05, 0.1) is 6.61 Å². The largest absolute Gasteiger partial charge is 0.466 e. The molecule has 1 rings (SSSR count). The zero-order valence-electron chi connectivity index (χ0n) is 7.29. The minimum absolute atomic E-state index is 0.200. The summed E-state index contributed by atoms with van der Waals surface area (Å²) in [6, 6.07) is 0. The van der Waals surface area contributed by atoms with Crippen LogP contribution in [0.1, 0.15) is 26.2 Å². The molecule has 0 aromatic carbocycles. The smallest absolute Gasteiger partial charge is 0.302 e. The van der Waals surface area contributed by atoms with Crippen molar-refractivity contribution < 1.29 is 14.3 Å². The Morgan fingerprint density at radius 1 is 1.58 bits per heavy atom. The maximum absolute atomic E-state index is 10.5. The fourth-order valence-electron chi connectivity index (χ4n) is 1.62. The molecule has 0 N–H and O–H groups in total. The number of ether oxygens (including phenoxy) is 1. The third-order valence-electron chi connectivity index (χ3n) is 2.30. The lowest BCUT2D eigenvalue weighted by atomic mass is 10.1. The summed E-state index contributed by atoms with van der Waals surface area (Å²) in [7, 11) is 0. The molecule has 2 atom stereocenters. The minimum Gasteiger partial charge on any atom is -0.466 e. The molecule has 1 fully saturated rings. The normalized spacial score (nSPS) is 28.4. The molecule has 2 unspecified atom stereocenters. The first-order valence-corrected chi connectivity index (χ1v) is 4.31. The van der Waals surface area contributed by atoms with Crippen LogP contribution in [0.3, 0.4) is 0 Å². The van der Waals surface area contributed by atoms with Crippen molar-refractivity contribution in [3.05, 3.63) is 0 Å². The number of hydrogen-bond acceptors (Lipinski definition) is 3. The summed E-state index contributed by atoms with van der Waals surface area (Å²) in [4.78, 5) is 20.8. The Labute approximate surface area is 72.1 Å². The lowest BCUT2D eigenvalue weighted by Gasteiger charge is -2.07. The summed E-state index contributed by atoms with van der Waals surface area (Å²) in [5, 5.41) is 0. The molecule has 12 heavy (non-hydrogen) atoms. The van der Waals surface area contributed by atoms with Crippen molar-refractivity contribution in [3.63, 3.8) is 0 Å². The van der Waals surface area contributed by atoms with E-state index in [1.54, 1.807) is 0 Å². The van der Waals surface area contributed by atoms with E-state index in [0.29, 0.717) is 12.5 Å². The fraction of sp³-hybridized carbons (Fsp3) is 0.778. The van der Waals surface area contributed by atoms with E-state index in [0.717, 1.165) is 25.5 Å². The molecule has 0 aromatic heterocycles. The Hall–Kier alpha value is -0.860. The van der Waals surface area contributed by atoms with Crippen LogP contribution in [0.2, 0.25) is 0 Å². The maximum Gasteiger partial charge on any atom is 0.302 e. The Morgan fingerprint density at radius 3 is 2.83 bits per heavy atom. The fourth-order valence-corrected chi connectivity index (χ4v) is 1.62. The van der Waals surface area contributed by atoms with Crippen molar-refractivity contribution in [2.24, 2.45) is 11.8 Å². The maximum atomic E-state index is 10.5. The average molecular weight is 170 g/mol. The average Bonchev–Trinajstić information content (AvgIpc) is 2.48. The minimum atomic E-state index is -0.232. The Balaban J connectivity index is 2.19. The van der Waals surface area contributed by atoms with Crippen molar-refractivity contribution in [1.29, 1.82) is 0 Å². The standard InChI is InChI=1S/C9H14O3/c1-7(11)12-6-9-3-2-8(4-9)5-10/h5,8-9H,2-4,6H2,1H3. The SMILES string of the molecule is CC(=O)OCC1CCC(C=O)C1. The van der Waals surface area contributed by atoms with Crippen LogP contribution in [0, 0.1) is 11.8 Å². The predicted molar refractivity (Wildman–Crippen MR) is 43.5 cm³/mol. The second kappa shape index (κ2) is 4.24. The summed E-state index contributed by atoms with van der Waals surface area (Å²) in [5.74, 6) is 0.374. The van der Waals surface area contributed by atoms with Gasteiger partial charge < -0.3 is 9.53 Å². The van der Waals surface area contributed by atoms with Crippen LogP contribution in [0.25, 0.3) is 0 Å². The van der Waals surface area contributed by atoms with E-state index in [1.165, 1.54) is 6.92 Å². The van der Waals surface area contributed by atoms with Gasteiger partial charge in [0.15, 0.2) is 0 Å². The topological polar surface area (TPSA) is 43.4 Å². The molecule has 1 aliphatic rings. The van der Waals surface area contributed by atoms with E-state index in [1.807, 2.05) is 0 Å². The summed E-state index contributed by atoms with van der Waals surface area (Å²) in [6.45, 7) is 1.89. The molecule has 0 radical (unpaired) electrons. The van der Waals surface area contributed by atoms with Crippen LogP contribution in [0.15, 0.2) is 0 Å². The van der Waals surface area contributed by atoms with E-state index in [4.69, 9.17) is 4.74 Å². The predicted octanol–water partition coefficient (Wildman–Crippen LogP) is 1.16. The molecule has 0 aliphatic heterocycles. The van der Waals surface area contributed by atoms with Crippen molar-refractivity contribution >= 4 is 12.3 Å². The van der Waals surface area contributed by atoms with Crippen LogP contribution < -0.4 is 0 Å². The second-order valence-electron chi connectivity index (χ2n) is 3.38. The van der Waals surface area contributed by atoms with Crippen LogP contribution in [-0.2, 0) is 14.3 Å². The summed E-state index contributed by atoms with van der Waals surface area (Å²) in [5.41, 5.74) is 0. The van der Waals surface area contributed by atoms with Gasteiger partial charge in [-0.05, 0) is 25.2 Å². The molecule has 0 spiro atoms. The third-order valence-corrected chi connectivity index (χ3v) is 2.30. The van der Waals surface area contributed by atoms with Gasteiger partial charge in [0, 0.05) is 12.8 Å². The molecule has 3 heteroatoms. The monoisotopic (exact) mass is 170 g/mol. The number of aldehydes is 1. The van der Waals surface area contributed by atoms with E-state index in [9.17, 15) is 9.59 Å². The highest BCUT2D eigenvalue weighted by Crippen LogP contribution is 2.29. The highest BCUT2D eigenvalue weighted by atomic mass is 16.5. The number of carbonyl (C=O) groups excluding carboxylic acids is 2. The van der Waals surface area contributed by atoms with E-state index in [-0.39, 0.29) is 11.9 Å². The van der Waals surface area contributed by atoms with Crippen LogP contribution in [0.4, 0.5) is 0 Å². The molecule has 0 heterocycles. The first-order chi connectivity index (χ1) is 5.72. The first kappa shape index (κ1) is 9.23. The highest BCUT2D eigenvalue weighted by molar-refractivity contribution is 5.65. The van der Waals surface area contributed by atoms with Gasteiger partial charge in [-0.2, -0.15) is 0 Å². The van der Waals surface area contributed by atoms with E-state index >= 15 is 0 Å². The van der Waals surface area contributed by atoms with Gasteiger partial charge in [0.1, 0.15) is 6.29 Å². The van der Waals surface area contributed by atoms with Gasteiger partial charge in [0.2, 0.25) is 0 Å². The molecule has 1 saturated carbocycles. The lowest BCUT2D eigenvalue weighted by Crippen LogP contribution is -2.09. The van der Waals surface area contributed by atoms with Crippen molar-refractivity contribution in [3.8, 4) is 0 Å². The van der Waals surface area contributed by atoms with Crippen molar-refractivity contribution in [2.45, 2.75) is 26.2 Å². The summed E-state index contributed by atoms with van der Waals surface area (Å²) in [6.07, 6.45) is 3.86. The molecule has 1 aliphatic carbocycles. The van der Waals surface area contributed by atoms with E-state index < -0.39 is 0 Å². The summed E-state index contributed by atoms with van der Waals surface area (Å²) >= 11 is 0. The van der Waals surface area contributed by atoms with Gasteiger partial charge in [0.25, 0.3) is 0 Å². The van der Waals surface area contributed by atoms with Gasteiger partial charge in [-0.1, -0.05) is 0 Å². The van der Waals surface area contributed by atoms with Gasteiger partial charge in [-0.15, -0.1) is 0 Å². The molecule has 68 valence electrons. The molecular formula is C9H14O3. The van der Waals surface area contributed by atoms with Gasteiger partial charge >= 0.3 is 5.97 Å². The molecule has 0 saturated heterocycles. The van der Waals surface area contributed by atoms with Gasteiger partial charge in [-0.3, -0.25) is 4.79 Å². The molecule has 0 bridgehead atoms. The number of hydrogen-bond donors (Lipinski definition) is 0. The zero-order chi connectivity index (χ0) is 8.97. The Kier molecular flexibility index (Phi) is 3.26.